The lowest BCUT2D eigenvalue weighted by atomic mass is 10.1. The Bertz CT molecular complexity index is 924. The van der Waals surface area contributed by atoms with Crippen LogP contribution < -0.4 is 5.32 Å². The number of hydrogen-bond acceptors (Lipinski definition) is 4. The Morgan fingerprint density at radius 2 is 1.88 bits per heavy atom. The number of nitriles is 1. The van der Waals surface area contributed by atoms with E-state index in [0.29, 0.717) is 0 Å². The van der Waals surface area contributed by atoms with E-state index in [4.69, 9.17) is 28.5 Å². The number of ketones is 1. The highest BCUT2D eigenvalue weighted by molar-refractivity contribution is 6.38. The Labute approximate surface area is 155 Å². The lowest BCUT2D eigenvalue weighted by molar-refractivity contribution is -0.137. The number of Topliss-reactive ketones (excluding diaryl/α,β-unsaturated/α-hetero) is 1. The van der Waals surface area contributed by atoms with Crippen LogP contribution in [0.5, 0.6) is 0 Å². The highest BCUT2D eigenvalue weighted by atomic mass is 35.5. The minimum atomic E-state index is -4.72. The minimum absolute atomic E-state index is 0.0582. The average Bonchev–Trinajstić information content (AvgIpc) is 2.59. The molecule has 0 radical (unpaired) electrons. The second-order valence-electron chi connectivity index (χ2n) is 4.90. The standard InChI is InChI=1S/C16H8Cl2F3N3O2/c17-11-6-23-14(13(18)9(11)5-22)12(25)7-24-15(26)8-3-1-2-4-10(8)16(19,20)21/h1-4,6H,7H2,(H,24,26). The van der Waals surface area contributed by atoms with Crippen LogP contribution in [-0.4, -0.2) is 23.2 Å². The van der Waals surface area contributed by atoms with Crippen molar-refractivity contribution in [2.45, 2.75) is 6.18 Å². The molecule has 1 heterocycles. The zero-order valence-corrected chi connectivity index (χ0v) is 14.2. The molecule has 0 aliphatic rings. The SMILES string of the molecule is N#Cc1c(Cl)cnc(C(=O)CNC(=O)c2ccccc2C(F)(F)F)c1Cl. The summed E-state index contributed by atoms with van der Waals surface area (Å²) in [6.45, 7) is -0.662. The van der Waals surface area contributed by atoms with E-state index in [-0.39, 0.29) is 21.3 Å². The molecule has 0 fully saturated rings. The summed E-state index contributed by atoms with van der Waals surface area (Å²) in [4.78, 5) is 27.8. The summed E-state index contributed by atoms with van der Waals surface area (Å²) in [5, 5.41) is 10.7. The Balaban J connectivity index is 2.19. The second-order valence-corrected chi connectivity index (χ2v) is 5.69. The fourth-order valence-electron chi connectivity index (χ4n) is 2.03. The molecular formula is C16H8Cl2F3N3O2. The lowest BCUT2D eigenvalue weighted by Crippen LogP contribution is -2.31. The number of nitrogens with zero attached hydrogens (tertiary/aromatic N) is 2. The average molecular weight is 402 g/mol. The predicted octanol–water partition coefficient (Wildman–Crippen LogP) is 3.89. The Hall–Kier alpha value is -2.63. The van der Waals surface area contributed by atoms with Crippen LogP contribution in [-0.2, 0) is 6.18 Å². The van der Waals surface area contributed by atoms with Crippen molar-refractivity contribution < 1.29 is 22.8 Å². The van der Waals surface area contributed by atoms with Gasteiger partial charge < -0.3 is 5.32 Å². The Kier molecular flexibility index (Phi) is 5.85. The van der Waals surface area contributed by atoms with E-state index < -0.39 is 35.5 Å². The maximum absolute atomic E-state index is 12.9. The van der Waals surface area contributed by atoms with Gasteiger partial charge in [-0.25, -0.2) is 4.98 Å². The number of halogens is 5. The summed E-state index contributed by atoms with van der Waals surface area (Å²) in [5.74, 6) is -1.88. The summed E-state index contributed by atoms with van der Waals surface area (Å²) < 4.78 is 38.8. The summed E-state index contributed by atoms with van der Waals surface area (Å²) in [7, 11) is 0. The van der Waals surface area contributed by atoms with E-state index >= 15 is 0 Å². The first-order chi connectivity index (χ1) is 12.2. The number of amides is 1. The van der Waals surface area contributed by atoms with Crippen LogP contribution in [0, 0.1) is 11.3 Å². The summed E-state index contributed by atoms with van der Waals surface area (Å²) >= 11 is 11.6. The highest BCUT2D eigenvalue weighted by Gasteiger charge is 2.34. The lowest BCUT2D eigenvalue weighted by Gasteiger charge is -2.12. The maximum Gasteiger partial charge on any atom is 0.417 e. The van der Waals surface area contributed by atoms with Gasteiger partial charge in [0.1, 0.15) is 11.8 Å². The van der Waals surface area contributed by atoms with E-state index in [1.54, 1.807) is 6.07 Å². The molecule has 2 aromatic rings. The van der Waals surface area contributed by atoms with Gasteiger partial charge in [0.05, 0.1) is 33.3 Å². The third-order valence-electron chi connectivity index (χ3n) is 3.24. The number of carbonyl (C=O) groups excluding carboxylic acids is 2. The van der Waals surface area contributed by atoms with Gasteiger partial charge in [0.15, 0.2) is 0 Å². The topological polar surface area (TPSA) is 82.8 Å². The van der Waals surface area contributed by atoms with Crippen molar-refractivity contribution in [2.24, 2.45) is 0 Å². The molecule has 1 amide bonds. The number of benzene rings is 1. The molecule has 0 saturated carbocycles. The number of alkyl halides is 3. The molecule has 0 spiro atoms. The zero-order chi connectivity index (χ0) is 19.5. The molecule has 0 unspecified atom stereocenters. The minimum Gasteiger partial charge on any atom is -0.344 e. The first kappa shape index (κ1) is 19.7. The van der Waals surface area contributed by atoms with Crippen LogP contribution in [0.25, 0.3) is 0 Å². The van der Waals surface area contributed by atoms with Gasteiger partial charge in [-0.2, -0.15) is 18.4 Å². The molecular weight excluding hydrogens is 394 g/mol. The number of aromatic nitrogens is 1. The van der Waals surface area contributed by atoms with Gasteiger partial charge in [-0.15, -0.1) is 0 Å². The normalized spacial score (nSPS) is 10.9. The van der Waals surface area contributed by atoms with Crippen LogP contribution in [0.3, 0.4) is 0 Å². The van der Waals surface area contributed by atoms with Crippen LogP contribution in [0.4, 0.5) is 13.2 Å². The fourth-order valence-corrected chi connectivity index (χ4v) is 2.56. The largest absolute Gasteiger partial charge is 0.417 e. The van der Waals surface area contributed by atoms with Gasteiger partial charge in [0.2, 0.25) is 5.78 Å². The van der Waals surface area contributed by atoms with Gasteiger partial charge >= 0.3 is 6.18 Å². The van der Waals surface area contributed by atoms with Gasteiger partial charge in [-0.3, -0.25) is 9.59 Å². The van der Waals surface area contributed by atoms with E-state index in [9.17, 15) is 22.8 Å². The molecule has 1 aromatic carbocycles. The molecule has 1 N–H and O–H groups in total. The van der Waals surface area contributed by atoms with Crippen molar-refractivity contribution in [3.63, 3.8) is 0 Å². The molecule has 2 rings (SSSR count). The quantitative estimate of drug-likeness (QED) is 0.787. The van der Waals surface area contributed by atoms with Crippen molar-refractivity contribution in [3.05, 3.63) is 62.9 Å². The smallest absolute Gasteiger partial charge is 0.344 e. The van der Waals surface area contributed by atoms with Crippen LogP contribution >= 0.6 is 23.2 Å². The van der Waals surface area contributed by atoms with Crippen molar-refractivity contribution in [1.82, 2.24) is 10.3 Å². The first-order valence-electron chi connectivity index (χ1n) is 6.88. The van der Waals surface area contributed by atoms with E-state index in [1.165, 1.54) is 6.07 Å². The maximum atomic E-state index is 12.9. The number of nitrogens with one attached hydrogen (secondary N) is 1. The fraction of sp³-hybridized carbons (Fsp3) is 0.125. The highest BCUT2D eigenvalue weighted by Crippen LogP contribution is 2.31. The monoisotopic (exact) mass is 401 g/mol. The summed E-state index contributed by atoms with van der Waals surface area (Å²) in [6.07, 6.45) is -3.68. The van der Waals surface area contributed by atoms with Crippen LogP contribution in [0.2, 0.25) is 10.0 Å². The Morgan fingerprint density at radius 3 is 2.50 bits per heavy atom. The van der Waals surface area contributed by atoms with E-state index in [2.05, 4.69) is 10.3 Å². The number of pyridine rings is 1. The Morgan fingerprint density at radius 1 is 1.23 bits per heavy atom. The number of rotatable bonds is 4. The second kappa shape index (κ2) is 7.72. The molecule has 5 nitrogen and oxygen atoms in total. The third kappa shape index (κ3) is 4.12. The van der Waals surface area contributed by atoms with Crippen LogP contribution in [0.1, 0.15) is 32.0 Å². The third-order valence-corrected chi connectivity index (χ3v) is 3.89. The van der Waals surface area contributed by atoms with E-state index in [0.717, 1.165) is 24.4 Å². The van der Waals surface area contributed by atoms with Crippen molar-refractivity contribution >= 4 is 34.9 Å². The van der Waals surface area contributed by atoms with Gasteiger partial charge in [0, 0.05) is 6.20 Å². The predicted molar refractivity (Wildman–Crippen MR) is 87.1 cm³/mol. The molecule has 10 heteroatoms. The van der Waals surface area contributed by atoms with Crippen molar-refractivity contribution in [2.75, 3.05) is 6.54 Å². The summed E-state index contributed by atoms with van der Waals surface area (Å²) in [5.41, 5.74) is -2.24. The van der Waals surface area contributed by atoms with E-state index in [1.807, 2.05) is 0 Å². The van der Waals surface area contributed by atoms with Crippen molar-refractivity contribution in [3.8, 4) is 6.07 Å². The zero-order valence-electron chi connectivity index (χ0n) is 12.7. The van der Waals surface area contributed by atoms with Gasteiger partial charge in [0.25, 0.3) is 5.91 Å². The number of hydrogen-bond donors (Lipinski definition) is 1. The number of carbonyl (C=O) groups is 2. The molecule has 134 valence electrons. The summed E-state index contributed by atoms with van der Waals surface area (Å²) in [6, 6.07) is 5.86. The molecule has 0 aliphatic carbocycles. The first-order valence-corrected chi connectivity index (χ1v) is 7.64. The molecule has 0 aliphatic heterocycles. The molecule has 0 bridgehead atoms. The van der Waals surface area contributed by atoms with Crippen molar-refractivity contribution in [1.29, 1.82) is 5.26 Å². The molecule has 0 atom stereocenters. The molecule has 1 aromatic heterocycles. The molecule has 26 heavy (non-hydrogen) atoms. The van der Waals surface area contributed by atoms with Gasteiger partial charge in [-0.1, -0.05) is 35.3 Å². The van der Waals surface area contributed by atoms with Crippen LogP contribution in [0.15, 0.2) is 30.5 Å². The molecule has 0 saturated heterocycles. The van der Waals surface area contributed by atoms with Gasteiger partial charge in [-0.05, 0) is 12.1 Å².